The lowest BCUT2D eigenvalue weighted by Gasteiger charge is -2.35. The Balaban J connectivity index is 1.63. The number of rotatable bonds is 6. The molecule has 0 saturated carbocycles. The lowest BCUT2D eigenvalue weighted by molar-refractivity contribution is 0.402. The van der Waals surface area contributed by atoms with E-state index in [9.17, 15) is 4.79 Å². The zero-order chi connectivity index (χ0) is 23.8. The Bertz CT molecular complexity index is 1360. The molecule has 2 heterocycles. The number of hydrogen-bond donors (Lipinski definition) is 2. The van der Waals surface area contributed by atoms with Crippen LogP contribution in [0.25, 0.3) is 10.8 Å². The molecule has 34 heavy (non-hydrogen) atoms. The van der Waals surface area contributed by atoms with Crippen molar-refractivity contribution in [1.82, 2.24) is 20.0 Å². The molecule has 6 nitrogen and oxygen atoms in total. The number of benzene rings is 3. The lowest BCUT2D eigenvalue weighted by Crippen LogP contribution is -2.28. The van der Waals surface area contributed by atoms with Crippen LogP contribution in [0.15, 0.2) is 71.5 Å². The van der Waals surface area contributed by atoms with Crippen LogP contribution in [0.1, 0.15) is 39.9 Å². The van der Waals surface area contributed by atoms with Gasteiger partial charge in [-0.1, -0.05) is 54.6 Å². The standard InChI is InChI=1S/C28H31N5O/c1-32(2)16-18-8-12-20(13-9-18)24-26(21-14-10-19(11-15-21)17-33(3)4)29-23-7-5-6-22-25(23)27(24)30-31-28(22)34/h5-15,24,26,29H,16-17H2,1-4H3,(H,31,34). The summed E-state index contributed by atoms with van der Waals surface area (Å²) in [5.41, 5.74) is 6.61. The molecule has 4 aromatic rings. The summed E-state index contributed by atoms with van der Waals surface area (Å²) in [6.45, 7) is 1.80. The van der Waals surface area contributed by atoms with Crippen LogP contribution in [-0.4, -0.2) is 48.2 Å². The molecule has 0 saturated heterocycles. The molecule has 0 radical (unpaired) electrons. The first-order valence-corrected chi connectivity index (χ1v) is 11.7. The highest BCUT2D eigenvalue weighted by atomic mass is 16.1. The molecule has 6 heteroatoms. The van der Waals surface area contributed by atoms with E-state index >= 15 is 0 Å². The summed E-state index contributed by atoms with van der Waals surface area (Å²) in [6.07, 6.45) is 0. The van der Waals surface area contributed by atoms with Crippen molar-refractivity contribution >= 4 is 16.5 Å². The van der Waals surface area contributed by atoms with Gasteiger partial charge in [0.2, 0.25) is 0 Å². The second kappa shape index (κ2) is 9.05. The van der Waals surface area contributed by atoms with Gasteiger partial charge in [0.15, 0.2) is 0 Å². The minimum atomic E-state index is -0.158. The van der Waals surface area contributed by atoms with Gasteiger partial charge in [-0.05, 0) is 62.6 Å². The monoisotopic (exact) mass is 453 g/mol. The fourth-order valence-corrected chi connectivity index (χ4v) is 5.02. The van der Waals surface area contributed by atoms with Gasteiger partial charge in [-0.2, -0.15) is 5.10 Å². The Morgan fingerprint density at radius 1 is 0.794 bits per heavy atom. The van der Waals surface area contributed by atoms with Gasteiger partial charge in [0.05, 0.1) is 23.0 Å². The summed E-state index contributed by atoms with van der Waals surface area (Å²) in [7, 11) is 8.31. The van der Waals surface area contributed by atoms with Crippen LogP contribution in [-0.2, 0) is 13.1 Å². The van der Waals surface area contributed by atoms with Gasteiger partial charge in [0.25, 0.3) is 5.56 Å². The minimum absolute atomic E-state index is 0.00962. The van der Waals surface area contributed by atoms with Gasteiger partial charge in [-0.3, -0.25) is 4.79 Å². The van der Waals surface area contributed by atoms with Crippen LogP contribution in [0.5, 0.6) is 0 Å². The molecule has 0 bridgehead atoms. The van der Waals surface area contributed by atoms with Crippen LogP contribution in [0.2, 0.25) is 0 Å². The van der Waals surface area contributed by atoms with Crippen LogP contribution in [0.4, 0.5) is 5.69 Å². The second-order valence-corrected chi connectivity index (χ2v) is 9.72. The van der Waals surface area contributed by atoms with Gasteiger partial charge in [0, 0.05) is 24.2 Å². The average Bonchev–Trinajstić information content (AvgIpc) is 2.81. The fourth-order valence-electron chi connectivity index (χ4n) is 5.02. The van der Waals surface area contributed by atoms with Gasteiger partial charge in [0.1, 0.15) is 0 Å². The minimum Gasteiger partial charge on any atom is -0.377 e. The Morgan fingerprint density at radius 3 is 1.97 bits per heavy atom. The third-order valence-electron chi connectivity index (χ3n) is 6.46. The van der Waals surface area contributed by atoms with Gasteiger partial charge in [-0.25, -0.2) is 5.10 Å². The maximum absolute atomic E-state index is 12.5. The first kappa shape index (κ1) is 22.3. The molecule has 3 aromatic carbocycles. The van der Waals surface area contributed by atoms with Crippen LogP contribution in [0.3, 0.4) is 0 Å². The van der Waals surface area contributed by atoms with Crippen molar-refractivity contribution in [2.45, 2.75) is 25.0 Å². The lowest BCUT2D eigenvalue weighted by atomic mass is 9.79. The SMILES string of the molecule is CN(C)Cc1ccc(C2Nc3cccc4c(=O)[nH]nc(c34)C2c2ccc(CN(C)C)cc2)cc1. The van der Waals surface area contributed by atoms with Crippen molar-refractivity contribution in [3.63, 3.8) is 0 Å². The first-order valence-electron chi connectivity index (χ1n) is 11.7. The molecule has 5 rings (SSSR count). The summed E-state index contributed by atoms with van der Waals surface area (Å²) in [5.74, 6) is -0.0395. The number of aromatic nitrogens is 2. The molecule has 0 spiro atoms. The zero-order valence-electron chi connectivity index (χ0n) is 20.2. The first-order chi connectivity index (χ1) is 16.4. The van der Waals surface area contributed by atoms with Gasteiger partial charge >= 0.3 is 0 Å². The molecule has 1 aliphatic rings. The smallest absolute Gasteiger partial charge is 0.272 e. The molecule has 2 unspecified atom stereocenters. The van der Waals surface area contributed by atoms with E-state index in [0.717, 1.165) is 29.9 Å². The number of nitrogens with zero attached hydrogens (tertiary/aromatic N) is 3. The molecule has 2 atom stereocenters. The largest absolute Gasteiger partial charge is 0.377 e. The third-order valence-corrected chi connectivity index (χ3v) is 6.46. The van der Waals surface area contributed by atoms with E-state index in [1.54, 1.807) is 0 Å². The molecule has 0 fully saturated rings. The van der Waals surface area contributed by atoms with Crippen LogP contribution < -0.4 is 10.9 Å². The van der Waals surface area contributed by atoms with E-state index in [0.29, 0.717) is 5.39 Å². The molecule has 1 aromatic heterocycles. The van der Waals surface area contributed by atoms with E-state index in [4.69, 9.17) is 0 Å². The predicted octanol–water partition coefficient (Wildman–Crippen LogP) is 4.35. The number of hydrogen-bond acceptors (Lipinski definition) is 5. The highest BCUT2D eigenvalue weighted by Crippen LogP contribution is 2.46. The maximum atomic E-state index is 12.5. The molecule has 2 N–H and O–H groups in total. The van der Waals surface area contributed by atoms with Crippen molar-refractivity contribution in [2.75, 3.05) is 33.5 Å². The van der Waals surface area contributed by atoms with Gasteiger partial charge < -0.3 is 15.1 Å². The zero-order valence-corrected chi connectivity index (χ0v) is 20.2. The third kappa shape index (κ3) is 4.22. The quantitative estimate of drug-likeness (QED) is 0.455. The Hall–Kier alpha value is -3.48. The summed E-state index contributed by atoms with van der Waals surface area (Å²) in [4.78, 5) is 16.9. The highest BCUT2D eigenvalue weighted by molar-refractivity contribution is 5.97. The van der Waals surface area contributed by atoms with Crippen molar-refractivity contribution in [1.29, 1.82) is 0 Å². The fraction of sp³-hybridized carbons (Fsp3) is 0.286. The van der Waals surface area contributed by atoms with Crippen LogP contribution >= 0.6 is 0 Å². The van der Waals surface area contributed by atoms with Crippen molar-refractivity contribution in [2.24, 2.45) is 0 Å². The summed E-state index contributed by atoms with van der Waals surface area (Å²) >= 11 is 0. The van der Waals surface area contributed by atoms with Crippen molar-refractivity contribution < 1.29 is 0 Å². The van der Waals surface area contributed by atoms with Gasteiger partial charge in [-0.15, -0.1) is 0 Å². The molecule has 174 valence electrons. The maximum Gasteiger partial charge on any atom is 0.272 e. The number of H-pyrrole nitrogens is 1. The molecular formula is C28H31N5O. The Kier molecular flexibility index (Phi) is 5.94. The molecule has 0 amide bonds. The molecule has 1 aliphatic heterocycles. The predicted molar refractivity (Wildman–Crippen MR) is 138 cm³/mol. The van der Waals surface area contributed by atoms with Crippen molar-refractivity contribution in [3.05, 3.63) is 105 Å². The molecular weight excluding hydrogens is 422 g/mol. The Labute approximate surface area is 200 Å². The number of aromatic amines is 1. The average molecular weight is 454 g/mol. The van der Waals surface area contributed by atoms with E-state index in [2.05, 4.69) is 102 Å². The summed E-state index contributed by atoms with van der Waals surface area (Å²) in [5, 5.41) is 12.7. The van der Waals surface area contributed by atoms with Crippen LogP contribution in [0, 0.1) is 0 Å². The number of nitrogens with one attached hydrogen (secondary N) is 2. The molecule has 0 aliphatic carbocycles. The topological polar surface area (TPSA) is 64.3 Å². The van der Waals surface area contributed by atoms with E-state index in [1.165, 1.54) is 22.3 Å². The van der Waals surface area contributed by atoms with E-state index in [-0.39, 0.29) is 17.5 Å². The Morgan fingerprint density at radius 2 is 1.38 bits per heavy atom. The van der Waals surface area contributed by atoms with E-state index in [1.807, 2.05) is 18.2 Å². The number of anilines is 1. The van der Waals surface area contributed by atoms with E-state index < -0.39 is 0 Å². The highest BCUT2D eigenvalue weighted by Gasteiger charge is 2.34. The normalized spacial score (nSPS) is 17.4. The summed E-state index contributed by atoms with van der Waals surface area (Å²) < 4.78 is 0. The second-order valence-electron chi connectivity index (χ2n) is 9.72. The van der Waals surface area contributed by atoms with Crippen molar-refractivity contribution in [3.8, 4) is 0 Å². The summed E-state index contributed by atoms with van der Waals surface area (Å²) in [6, 6.07) is 23.4.